The van der Waals surface area contributed by atoms with Crippen LogP contribution in [0.2, 0.25) is 5.04 Å². The Morgan fingerprint density at radius 1 is 0.826 bits per heavy atom. The zero-order chi connectivity index (χ0) is 32.6. The number of alkyl carbamates (subject to hydrolysis) is 1. The Balaban J connectivity index is 1.23. The van der Waals surface area contributed by atoms with Crippen molar-refractivity contribution < 1.29 is 19.1 Å². The van der Waals surface area contributed by atoms with Crippen molar-refractivity contribution in [2.45, 2.75) is 44.8 Å². The molecular weight excluding hydrogens is 587 g/mol. The van der Waals surface area contributed by atoms with Gasteiger partial charge < -0.3 is 19.6 Å². The minimum atomic E-state index is -2.81. The predicted molar refractivity (Wildman–Crippen MR) is 190 cm³/mol. The quantitative estimate of drug-likeness (QED) is 0.128. The predicted octanol–water partition coefficient (Wildman–Crippen LogP) is 7.21. The third kappa shape index (κ3) is 7.10. The average Bonchev–Trinajstić information content (AvgIpc) is 3.40. The number of carbonyl (C=O) groups excluding carboxylic acids is 1. The van der Waals surface area contributed by atoms with Crippen LogP contribution in [-0.4, -0.2) is 45.4 Å². The fourth-order valence-corrected chi connectivity index (χ4v) is 11.2. The lowest BCUT2D eigenvalue weighted by atomic mass is 9.98. The number of fused-ring (bicyclic) bond motifs is 3. The van der Waals surface area contributed by atoms with Gasteiger partial charge in [-0.25, -0.2) is 4.79 Å². The zero-order valence-electron chi connectivity index (χ0n) is 27.2. The minimum absolute atomic E-state index is 0.000261. The third-order valence-electron chi connectivity index (χ3n) is 8.83. The molecule has 0 radical (unpaired) electrons. The number of amides is 1. The first-order chi connectivity index (χ1) is 22.3. The number of hydrogen-bond acceptors (Lipinski definition) is 4. The maximum atomic E-state index is 12.6. The van der Waals surface area contributed by atoms with E-state index in [9.17, 15) is 9.90 Å². The number of rotatable bonds is 12. The van der Waals surface area contributed by atoms with E-state index in [0.29, 0.717) is 6.54 Å². The van der Waals surface area contributed by atoms with E-state index in [-0.39, 0.29) is 36.2 Å². The van der Waals surface area contributed by atoms with Crippen molar-refractivity contribution in [1.82, 2.24) is 5.32 Å². The molecule has 1 aliphatic rings. The van der Waals surface area contributed by atoms with Gasteiger partial charge in [-0.3, -0.25) is 0 Å². The van der Waals surface area contributed by atoms with Crippen LogP contribution < -0.4 is 15.7 Å². The Labute approximate surface area is 274 Å². The Morgan fingerprint density at radius 3 is 1.87 bits per heavy atom. The lowest BCUT2D eigenvalue weighted by Crippen LogP contribution is -2.68. The largest absolute Gasteiger partial charge is 0.449 e. The van der Waals surface area contributed by atoms with Crippen LogP contribution in [-0.2, 0) is 9.16 Å². The second-order valence-corrected chi connectivity index (χ2v) is 17.2. The summed E-state index contributed by atoms with van der Waals surface area (Å²) in [6.45, 7) is 9.37. The normalized spacial score (nSPS) is 14.6. The molecule has 238 valence electrons. The van der Waals surface area contributed by atoms with E-state index in [0.717, 1.165) is 0 Å². The number of benzene rings is 4. The number of hydrogen-bond donors (Lipinski definition) is 2. The first kappa shape index (κ1) is 33.1. The van der Waals surface area contributed by atoms with Crippen LogP contribution in [0.15, 0.2) is 133 Å². The lowest BCUT2D eigenvalue weighted by Gasteiger charge is -2.45. The van der Waals surface area contributed by atoms with Gasteiger partial charge in [0.05, 0.1) is 6.10 Å². The molecule has 0 bridgehead atoms. The second kappa shape index (κ2) is 14.9. The minimum Gasteiger partial charge on any atom is -0.449 e. The molecule has 1 aliphatic carbocycles. The first-order valence-corrected chi connectivity index (χ1v) is 18.0. The maximum Gasteiger partial charge on any atom is 0.407 e. The molecule has 5 rings (SSSR count). The van der Waals surface area contributed by atoms with Crippen molar-refractivity contribution in [3.05, 3.63) is 145 Å². The molecule has 0 fully saturated rings. The Hall–Kier alpha value is -4.23. The summed E-state index contributed by atoms with van der Waals surface area (Å²) in [4.78, 5) is 12.6. The first-order valence-electron chi connectivity index (χ1n) is 16.1. The van der Waals surface area contributed by atoms with E-state index in [1.54, 1.807) is 0 Å². The molecule has 6 heteroatoms. The van der Waals surface area contributed by atoms with E-state index in [2.05, 4.69) is 98.9 Å². The van der Waals surface area contributed by atoms with E-state index in [4.69, 9.17) is 9.16 Å². The highest BCUT2D eigenvalue weighted by atomic mass is 28.4. The Kier molecular flexibility index (Phi) is 10.7. The monoisotopic (exact) mass is 631 g/mol. The zero-order valence-corrected chi connectivity index (χ0v) is 28.2. The van der Waals surface area contributed by atoms with Crippen LogP contribution in [0.3, 0.4) is 0 Å². The molecular formula is C40H45NO4Si. The SMILES string of the molecule is C[C@H](CO)[C@@H](/C=C/C=C/CNC(=O)OCC1c2ccccc2-c2ccccc21)O[Si](c1ccccc1)(c1ccccc1)C(C)(C)C. The smallest absolute Gasteiger partial charge is 0.407 e. The van der Waals surface area contributed by atoms with E-state index >= 15 is 0 Å². The molecule has 4 aromatic carbocycles. The molecule has 0 aliphatic heterocycles. The molecule has 0 unspecified atom stereocenters. The van der Waals surface area contributed by atoms with Gasteiger partial charge in [-0.05, 0) is 37.7 Å². The number of aliphatic hydroxyl groups excluding tert-OH is 1. The van der Waals surface area contributed by atoms with Gasteiger partial charge in [0.2, 0.25) is 0 Å². The van der Waals surface area contributed by atoms with Gasteiger partial charge >= 0.3 is 6.09 Å². The van der Waals surface area contributed by atoms with Gasteiger partial charge in [-0.2, -0.15) is 0 Å². The Bertz CT molecular complexity index is 1560. The maximum absolute atomic E-state index is 12.6. The van der Waals surface area contributed by atoms with Gasteiger partial charge in [-0.1, -0.05) is 161 Å². The van der Waals surface area contributed by atoms with Crippen LogP contribution >= 0.6 is 0 Å². The van der Waals surface area contributed by atoms with Gasteiger partial charge in [0.1, 0.15) is 6.61 Å². The fourth-order valence-electron chi connectivity index (χ4n) is 6.46. The average molecular weight is 632 g/mol. The van der Waals surface area contributed by atoms with E-state index in [1.807, 2.05) is 67.6 Å². The molecule has 2 atom stereocenters. The molecule has 5 nitrogen and oxygen atoms in total. The number of nitrogens with one attached hydrogen (secondary N) is 1. The van der Waals surface area contributed by atoms with Crippen LogP contribution in [0.1, 0.15) is 44.7 Å². The molecule has 0 saturated carbocycles. The summed E-state index contributed by atoms with van der Waals surface area (Å²) in [6, 6.07) is 37.6. The van der Waals surface area contributed by atoms with Crippen LogP contribution in [0.5, 0.6) is 0 Å². The van der Waals surface area contributed by atoms with Gasteiger partial charge in [-0.15, -0.1) is 0 Å². The summed E-state index contributed by atoms with van der Waals surface area (Å²) in [5.74, 6) is -0.0946. The van der Waals surface area contributed by atoms with Crippen molar-refractivity contribution >= 4 is 24.8 Å². The standard InChI is InChI=1S/C40H45NO4Si/c1-30(28-42)38(45-46(40(2,3)4,31-18-8-5-9-19-31)32-20-10-6-11-21-32)26-12-7-17-27-41-39(43)44-29-37-35-24-15-13-22-33(35)34-23-14-16-25-36(34)37/h5-26,30,37-38,42H,27-29H2,1-4H3,(H,41,43)/b17-7+,26-12+/t30-,38-/m1/s1. The highest BCUT2D eigenvalue weighted by molar-refractivity contribution is 6.99. The topological polar surface area (TPSA) is 67.8 Å². The molecule has 0 spiro atoms. The van der Waals surface area contributed by atoms with E-state index < -0.39 is 14.4 Å². The summed E-state index contributed by atoms with van der Waals surface area (Å²) in [5, 5.41) is 15.2. The van der Waals surface area contributed by atoms with Gasteiger partial charge in [0.15, 0.2) is 0 Å². The van der Waals surface area contributed by atoms with Crippen LogP contribution in [0.25, 0.3) is 11.1 Å². The van der Waals surface area contributed by atoms with Crippen molar-refractivity contribution in [2.24, 2.45) is 5.92 Å². The summed E-state index contributed by atoms with van der Waals surface area (Å²) >= 11 is 0. The van der Waals surface area contributed by atoms with Gasteiger partial charge in [0.25, 0.3) is 8.32 Å². The summed E-state index contributed by atoms with van der Waals surface area (Å²) in [6.07, 6.45) is 6.96. The molecule has 4 aromatic rings. The third-order valence-corrected chi connectivity index (χ3v) is 13.9. The molecule has 1 amide bonds. The summed E-state index contributed by atoms with van der Waals surface area (Å²) in [7, 11) is -2.81. The van der Waals surface area contributed by atoms with Crippen LogP contribution in [0.4, 0.5) is 4.79 Å². The van der Waals surface area contributed by atoms with Crippen molar-refractivity contribution in [1.29, 1.82) is 0 Å². The van der Waals surface area contributed by atoms with Crippen molar-refractivity contribution in [3.8, 4) is 11.1 Å². The fraction of sp³-hybridized carbons (Fsp3) is 0.275. The lowest BCUT2D eigenvalue weighted by molar-refractivity contribution is 0.121. The second-order valence-electron chi connectivity index (χ2n) is 12.9. The van der Waals surface area contributed by atoms with Crippen molar-refractivity contribution in [3.63, 3.8) is 0 Å². The molecule has 2 N–H and O–H groups in total. The van der Waals surface area contributed by atoms with Crippen LogP contribution in [0, 0.1) is 5.92 Å². The van der Waals surface area contributed by atoms with Gasteiger partial charge in [0, 0.05) is 25.0 Å². The number of carbonyl (C=O) groups is 1. The number of ether oxygens (including phenoxy) is 1. The summed E-state index contributed by atoms with van der Waals surface area (Å²) in [5.41, 5.74) is 4.78. The highest BCUT2D eigenvalue weighted by Gasteiger charge is 2.51. The van der Waals surface area contributed by atoms with E-state index in [1.165, 1.54) is 32.6 Å². The highest BCUT2D eigenvalue weighted by Crippen LogP contribution is 2.44. The molecule has 0 heterocycles. The molecule has 0 aromatic heterocycles. The number of aliphatic hydroxyl groups is 1. The number of allylic oxidation sites excluding steroid dienone is 2. The molecule has 0 saturated heterocycles. The summed E-state index contributed by atoms with van der Waals surface area (Å²) < 4.78 is 12.9. The van der Waals surface area contributed by atoms with Crippen molar-refractivity contribution in [2.75, 3.05) is 19.8 Å². The molecule has 46 heavy (non-hydrogen) atoms. The Morgan fingerprint density at radius 2 is 1.35 bits per heavy atom.